The standard InChI is InChI=1S/C18H18Cl2N2O/c1-11-4-6-14(9-16(11)19)21-13(3)8-18(23)22-15-7-5-12(2)17(20)10-15/h4-10,21H,1-3H3,(H,22,23)/b13-8+. The third kappa shape index (κ3) is 5.02. The molecular formula is C18H18Cl2N2O. The minimum atomic E-state index is -0.229. The summed E-state index contributed by atoms with van der Waals surface area (Å²) in [5.41, 5.74) is 4.18. The van der Waals surface area contributed by atoms with Crippen LogP contribution in [0, 0.1) is 13.8 Å². The molecule has 0 bridgehead atoms. The number of nitrogens with one attached hydrogen (secondary N) is 2. The first-order valence-corrected chi connectivity index (χ1v) is 7.89. The highest BCUT2D eigenvalue weighted by Gasteiger charge is 2.03. The van der Waals surface area contributed by atoms with Crippen molar-refractivity contribution in [3.8, 4) is 0 Å². The molecule has 5 heteroatoms. The first-order valence-electron chi connectivity index (χ1n) is 7.14. The van der Waals surface area contributed by atoms with Crippen molar-refractivity contribution < 1.29 is 4.79 Å². The van der Waals surface area contributed by atoms with Gasteiger partial charge in [0.1, 0.15) is 0 Å². The lowest BCUT2D eigenvalue weighted by atomic mass is 10.2. The molecule has 0 unspecified atom stereocenters. The molecule has 120 valence electrons. The van der Waals surface area contributed by atoms with Gasteiger partial charge in [0.05, 0.1) is 0 Å². The predicted molar refractivity (Wildman–Crippen MR) is 98.4 cm³/mol. The number of amides is 1. The molecule has 0 saturated carbocycles. The first-order chi connectivity index (χ1) is 10.8. The van der Waals surface area contributed by atoms with Crippen LogP contribution in [0.3, 0.4) is 0 Å². The van der Waals surface area contributed by atoms with Crippen LogP contribution in [0.2, 0.25) is 10.0 Å². The minimum Gasteiger partial charge on any atom is -0.359 e. The van der Waals surface area contributed by atoms with Gasteiger partial charge in [-0.2, -0.15) is 0 Å². The van der Waals surface area contributed by atoms with E-state index in [1.807, 2.05) is 51.1 Å². The highest BCUT2D eigenvalue weighted by atomic mass is 35.5. The molecule has 23 heavy (non-hydrogen) atoms. The molecular weight excluding hydrogens is 331 g/mol. The summed E-state index contributed by atoms with van der Waals surface area (Å²) >= 11 is 12.1. The lowest BCUT2D eigenvalue weighted by Crippen LogP contribution is -2.10. The zero-order valence-electron chi connectivity index (χ0n) is 13.2. The average molecular weight is 349 g/mol. The second-order valence-corrected chi connectivity index (χ2v) is 6.18. The molecule has 0 atom stereocenters. The summed E-state index contributed by atoms with van der Waals surface area (Å²) in [6, 6.07) is 11.1. The maximum absolute atomic E-state index is 12.0. The van der Waals surface area contributed by atoms with E-state index in [1.165, 1.54) is 6.08 Å². The summed E-state index contributed by atoms with van der Waals surface area (Å²) < 4.78 is 0. The van der Waals surface area contributed by atoms with Crippen LogP contribution in [0.5, 0.6) is 0 Å². The zero-order valence-corrected chi connectivity index (χ0v) is 14.7. The third-order valence-electron chi connectivity index (χ3n) is 3.30. The predicted octanol–water partition coefficient (Wildman–Crippen LogP) is 5.56. The van der Waals surface area contributed by atoms with E-state index in [0.717, 1.165) is 16.8 Å². The van der Waals surface area contributed by atoms with Gasteiger partial charge in [0, 0.05) is 33.2 Å². The summed E-state index contributed by atoms with van der Waals surface area (Å²) in [4.78, 5) is 12.0. The second kappa shape index (κ2) is 7.53. The molecule has 2 aromatic rings. The van der Waals surface area contributed by atoms with Gasteiger partial charge in [0.25, 0.3) is 0 Å². The van der Waals surface area contributed by atoms with Crippen molar-refractivity contribution in [3.05, 3.63) is 69.3 Å². The molecule has 3 nitrogen and oxygen atoms in total. The molecule has 2 N–H and O–H groups in total. The summed E-state index contributed by atoms with van der Waals surface area (Å²) in [7, 11) is 0. The van der Waals surface area contributed by atoms with E-state index in [-0.39, 0.29) is 5.91 Å². The molecule has 2 aromatic carbocycles. The zero-order chi connectivity index (χ0) is 17.0. The summed E-state index contributed by atoms with van der Waals surface area (Å²) in [6.07, 6.45) is 1.49. The maximum atomic E-state index is 12.0. The molecule has 1 amide bonds. The van der Waals surface area contributed by atoms with Crippen LogP contribution < -0.4 is 10.6 Å². The van der Waals surface area contributed by atoms with Crippen LogP contribution in [0.15, 0.2) is 48.2 Å². The van der Waals surface area contributed by atoms with Crippen molar-refractivity contribution in [2.75, 3.05) is 10.6 Å². The third-order valence-corrected chi connectivity index (χ3v) is 4.11. The van der Waals surface area contributed by atoms with E-state index in [2.05, 4.69) is 10.6 Å². The Kier molecular flexibility index (Phi) is 5.69. The molecule has 0 fully saturated rings. The normalized spacial score (nSPS) is 11.3. The van der Waals surface area contributed by atoms with Crippen molar-refractivity contribution in [3.63, 3.8) is 0 Å². The van der Waals surface area contributed by atoms with Crippen molar-refractivity contribution in [2.45, 2.75) is 20.8 Å². The number of benzene rings is 2. The van der Waals surface area contributed by atoms with Crippen molar-refractivity contribution in [2.24, 2.45) is 0 Å². The fourth-order valence-electron chi connectivity index (χ4n) is 1.98. The van der Waals surface area contributed by atoms with Crippen molar-refractivity contribution in [1.82, 2.24) is 0 Å². The Morgan fingerprint density at radius 1 is 0.913 bits per heavy atom. The Bertz CT molecular complexity index is 770. The Morgan fingerprint density at radius 3 is 1.87 bits per heavy atom. The number of carbonyl (C=O) groups excluding carboxylic acids is 1. The number of halogens is 2. The minimum absolute atomic E-state index is 0.229. The van der Waals surface area contributed by atoms with Crippen LogP contribution in [-0.2, 0) is 4.79 Å². The molecule has 0 aliphatic carbocycles. The Labute approximate surface area is 146 Å². The van der Waals surface area contributed by atoms with E-state index >= 15 is 0 Å². The fourth-order valence-corrected chi connectivity index (χ4v) is 2.34. The van der Waals surface area contributed by atoms with Crippen LogP contribution in [0.25, 0.3) is 0 Å². The first kappa shape index (κ1) is 17.4. The van der Waals surface area contributed by atoms with Crippen LogP contribution in [0.1, 0.15) is 18.1 Å². The Morgan fingerprint density at radius 2 is 1.39 bits per heavy atom. The highest BCUT2D eigenvalue weighted by Crippen LogP contribution is 2.22. The van der Waals surface area contributed by atoms with Gasteiger partial charge in [-0.1, -0.05) is 35.3 Å². The Balaban J connectivity index is 2.03. The van der Waals surface area contributed by atoms with Crippen LogP contribution in [0.4, 0.5) is 11.4 Å². The number of rotatable bonds is 4. The number of hydrogen-bond donors (Lipinski definition) is 2. The van der Waals surface area contributed by atoms with E-state index < -0.39 is 0 Å². The van der Waals surface area contributed by atoms with Gasteiger partial charge in [-0.3, -0.25) is 4.79 Å². The molecule has 0 saturated heterocycles. The summed E-state index contributed by atoms with van der Waals surface area (Å²) in [5.74, 6) is -0.229. The number of allylic oxidation sites excluding steroid dienone is 1. The SMILES string of the molecule is C/C(=C\C(=O)Nc1ccc(C)c(Cl)c1)Nc1ccc(C)c(Cl)c1. The topological polar surface area (TPSA) is 41.1 Å². The lowest BCUT2D eigenvalue weighted by molar-refractivity contribution is -0.111. The van der Waals surface area contributed by atoms with Crippen molar-refractivity contribution in [1.29, 1.82) is 0 Å². The molecule has 0 heterocycles. The van der Waals surface area contributed by atoms with Gasteiger partial charge >= 0.3 is 0 Å². The fraction of sp³-hybridized carbons (Fsp3) is 0.167. The molecule has 0 aliphatic heterocycles. The van der Waals surface area contributed by atoms with Crippen molar-refractivity contribution >= 4 is 40.5 Å². The van der Waals surface area contributed by atoms with Gasteiger partial charge < -0.3 is 10.6 Å². The maximum Gasteiger partial charge on any atom is 0.250 e. The van der Waals surface area contributed by atoms with Gasteiger partial charge in [-0.25, -0.2) is 0 Å². The number of carbonyl (C=O) groups is 1. The van der Waals surface area contributed by atoms with Gasteiger partial charge in [0.15, 0.2) is 0 Å². The monoisotopic (exact) mass is 348 g/mol. The molecule has 0 aromatic heterocycles. The van der Waals surface area contributed by atoms with Gasteiger partial charge in [-0.05, 0) is 56.2 Å². The second-order valence-electron chi connectivity index (χ2n) is 5.37. The summed E-state index contributed by atoms with van der Waals surface area (Å²) in [5, 5.41) is 7.22. The summed E-state index contributed by atoms with van der Waals surface area (Å²) in [6.45, 7) is 5.67. The molecule has 2 rings (SSSR count). The van der Waals surface area contributed by atoms with Gasteiger partial charge in [0.2, 0.25) is 5.91 Å². The molecule has 0 radical (unpaired) electrons. The largest absolute Gasteiger partial charge is 0.359 e. The number of anilines is 2. The average Bonchev–Trinajstić information content (AvgIpc) is 2.46. The lowest BCUT2D eigenvalue weighted by Gasteiger charge is -2.09. The van der Waals surface area contributed by atoms with E-state index in [9.17, 15) is 4.79 Å². The van der Waals surface area contributed by atoms with E-state index in [0.29, 0.717) is 21.4 Å². The Hall–Kier alpha value is -1.97. The quantitative estimate of drug-likeness (QED) is 0.709. The highest BCUT2D eigenvalue weighted by molar-refractivity contribution is 6.32. The van der Waals surface area contributed by atoms with E-state index in [1.54, 1.807) is 6.07 Å². The number of hydrogen-bond acceptors (Lipinski definition) is 2. The van der Waals surface area contributed by atoms with E-state index in [4.69, 9.17) is 23.2 Å². The van der Waals surface area contributed by atoms with Crippen LogP contribution >= 0.6 is 23.2 Å². The molecule has 0 aliphatic rings. The number of aryl methyl sites for hydroxylation is 2. The van der Waals surface area contributed by atoms with Gasteiger partial charge in [-0.15, -0.1) is 0 Å². The molecule has 0 spiro atoms. The smallest absolute Gasteiger partial charge is 0.250 e. The van der Waals surface area contributed by atoms with Crippen LogP contribution in [-0.4, -0.2) is 5.91 Å².